The molecule has 0 radical (unpaired) electrons. The van der Waals surface area contributed by atoms with E-state index in [1.807, 2.05) is 66.7 Å². The first-order chi connectivity index (χ1) is 8.80. The van der Waals surface area contributed by atoms with Crippen LogP contribution in [0.5, 0.6) is 0 Å². The largest absolute Gasteiger partial charge is 0.326 e. The lowest BCUT2D eigenvalue weighted by molar-refractivity contribution is 1.07. The predicted molar refractivity (Wildman–Crippen MR) is 81.0 cm³/mol. The van der Waals surface area contributed by atoms with Crippen molar-refractivity contribution in [3.63, 3.8) is 0 Å². The Morgan fingerprint density at radius 1 is 0.778 bits per heavy atom. The first-order valence-corrected chi connectivity index (χ1v) is 5.89. The minimum absolute atomic E-state index is 0.609. The maximum Gasteiger partial charge on any atom is 0.0178 e. The third kappa shape index (κ3) is 4.81. The molecule has 0 aliphatic rings. The Labute approximate surface area is 109 Å². The molecule has 0 amide bonds. The first-order valence-electron chi connectivity index (χ1n) is 5.89. The van der Waals surface area contributed by atoms with E-state index in [1.165, 1.54) is 5.56 Å². The molecule has 0 spiro atoms. The molecular formula is C17H19N. The van der Waals surface area contributed by atoms with Crippen LogP contribution in [0.15, 0.2) is 67.8 Å². The van der Waals surface area contributed by atoms with Crippen LogP contribution < -0.4 is 5.73 Å². The molecule has 2 rings (SSSR count). The van der Waals surface area contributed by atoms with E-state index in [9.17, 15) is 0 Å². The van der Waals surface area contributed by atoms with Crippen LogP contribution in [-0.4, -0.2) is 0 Å². The lowest BCUT2D eigenvalue weighted by atomic mass is 10.1. The van der Waals surface area contributed by atoms with Gasteiger partial charge in [0.1, 0.15) is 0 Å². The van der Waals surface area contributed by atoms with Gasteiger partial charge in [0.05, 0.1) is 0 Å². The molecule has 0 aromatic heterocycles. The van der Waals surface area contributed by atoms with Crippen molar-refractivity contribution in [3.05, 3.63) is 84.4 Å². The van der Waals surface area contributed by atoms with E-state index in [2.05, 4.69) is 13.2 Å². The number of benzene rings is 2. The molecule has 0 heterocycles. The van der Waals surface area contributed by atoms with Crippen LogP contribution in [0.2, 0.25) is 0 Å². The molecule has 0 saturated heterocycles. The van der Waals surface area contributed by atoms with Crippen molar-refractivity contribution in [2.75, 3.05) is 0 Å². The summed E-state index contributed by atoms with van der Waals surface area (Å²) in [4.78, 5) is 0. The first kappa shape index (κ1) is 13.9. The highest BCUT2D eigenvalue weighted by Crippen LogP contribution is 2.03. The molecule has 2 N–H and O–H groups in total. The Morgan fingerprint density at radius 3 is 1.67 bits per heavy atom. The van der Waals surface area contributed by atoms with Gasteiger partial charge in [-0.1, -0.05) is 79.9 Å². The van der Waals surface area contributed by atoms with Crippen LogP contribution in [0.25, 0.3) is 12.2 Å². The lowest BCUT2D eigenvalue weighted by Crippen LogP contribution is -1.94. The van der Waals surface area contributed by atoms with Crippen LogP contribution in [0.4, 0.5) is 0 Å². The Hall–Kier alpha value is -2.12. The fourth-order valence-corrected chi connectivity index (χ4v) is 1.38. The topological polar surface area (TPSA) is 26.0 Å². The summed E-state index contributed by atoms with van der Waals surface area (Å²) < 4.78 is 0. The van der Waals surface area contributed by atoms with E-state index in [0.29, 0.717) is 6.54 Å². The van der Waals surface area contributed by atoms with Crippen molar-refractivity contribution < 1.29 is 0 Å². The molecule has 2 aromatic carbocycles. The lowest BCUT2D eigenvalue weighted by Gasteiger charge is -1.95. The van der Waals surface area contributed by atoms with Crippen molar-refractivity contribution in [2.24, 2.45) is 5.73 Å². The quantitative estimate of drug-likeness (QED) is 0.853. The van der Waals surface area contributed by atoms with Crippen molar-refractivity contribution in [1.82, 2.24) is 0 Å². The molecule has 0 bridgehead atoms. The summed E-state index contributed by atoms with van der Waals surface area (Å²) >= 11 is 0. The normalized spacial score (nSPS) is 8.94. The van der Waals surface area contributed by atoms with Gasteiger partial charge in [0.15, 0.2) is 0 Å². The summed E-state index contributed by atoms with van der Waals surface area (Å²) in [6.45, 7) is 7.89. The molecule has 92 valence electrons. The van der Waals surface area contributed by atoms with Gasteiger partial charge in [0.2, 0.25) is 0 Å². The zero-order chi connectivity index (χ0) is 13.2. The molecule has 0 aliphatic heterocycles. The zero-order valence-corrected chi connectivity index (χ0v) is 10.5. The van der Waals surface area contributed by atoms with E-state index < -0.39 is 0 Å². The highest BCUT2D eigenvalue weighted by molar-refractivity contribution is 5.47. The van der Waals surface area contributed by atoms with Crippen molar-refractivity contribution in [3.8, 4) is 0 Å². The second-order valence-corrected chi connectivity index (χ2v) is 3.76. The van der Waals surface area contributed by atoms with E-state index in [1.54, 1.807) is 0 Å². The smallest absolute Gasteiger partial charge is 0.0178 e. The molecule has 0 aliphatic carbocycles. The van der Waals surface area contributed by atoms with Gasteiger partial charge in [-0.15, -0.1) is 0 Å². The highest BCUT2D eigenvalue weighted by atomic mass is 14.5. The van der Waals surface area contributed by atoms with Gasteiger partial charge in [-0.05, 0) is 16.7 Å². The fraction of sp³-hybridized carbons (Fsp3) is 0.0588. The van der Waals surface area contributed by atoms with Gasteiger partial charge in [-0.25, -0.2) is 0 Å². The average Bonchev–Trinajstić information content (AvgIpc) is 2.49. The fourth-order valence-electron chi connectivity index (χ4n) is 1.38. The zero-order valence-electron chi connectivity index (χ0n) is 10.5. The maximum absolute atomic E-state index is 5.42. The monoisotopic (exact) mass is 237 g/mol. The van der Waals surface area contributed by atoms with Gasteiger partial charge in [0.25, 0.3) is 0 Å². The van der Waals surface area contributed by atoms with Crippen LogP contribution in [0, 0.1) is 0 Å². The molecule has 18 heavy (non-hydrogen) atoms. The van der Waals surface area contributed by atoms with Crippen LogP contribution in [-0.2, 0) is 6.54 Å². The third-order valence-electron chi connectivity index (χ3n) is 2.49. The van der Waals surface area contributed by atoms with Crippen molar-refractivity contribution >= 4 is 12.2 Å². The highest BCUT2D eigenvalue weighted by Gasteiger charge is 1.86. The maximum atomic E-state index is 5.42. The number of hydrogen-bond donors (Lipinski definition) is 1. The van der Waals surface area contributed by atoms with Crippen molar-refractivity contribution in [2.45, 2.75) is 6.54 Å². The van der Waals surface area contributed by atoms with Crippen LogP contribution in [0.3, 0.4) is 0 Å². The number of hydrogen-bond acceptors (Lipinski definition) is 1. The number of nitrogens with two attached hydrogens (primary N) is 1. The van der Waals surface area contributed by atoms with Gasteiger partial charge in [0, 0.05) is 6.54 Å². The van der Waals surface area contributed by atoms with Gasteiger partial charge in [-0.2, -0.15) is 0 Å². The summed E-state index contributed by atoms with van der Waals surface area (Å²) in [6.07, 6.45) is 3.65. The van der Waals surface area contributed by atoms with Gasteiger partial charge in [-0.3, -0.25) is 0 Å². The average molecular weight is 237 g/mol. The SMILES string of the molecule is C=Cc1ccc(CN)cc1.C=Cc1ccccc1. The Bertz CT molecular complexity index is 469. The second-order valence-electron chi connectivity index (χ2n) is 3.76. The molecule has 2 aromatic rings. The minimum atomic E-state index is 0.609. The van der Waals surface area contributed by atoms with Gasteiger partial charge < -0.3 is 5.73 Å². The van der Waals surface area contributed by atoms with Crippen LogP contribution in [0.1, 0.15) is 16.7 Å². The summed E-state index contributed by atoms with van der Waals surface area (Å²) in [6, 6.07) is 18.1. The second kappa shape index (κ2) is 8.04. The molecule has 0 unspecified atom stereocenters. The minimum Gasteiger partial charge on any atom is -0.326 e. The Morgan fingerprint density at radius 2 is 1.28 bits per heavy atom. The predicted octanol–water partition coefficient (Wildman–Crippen LogP) is 4.12. The van der Waals surface area contributed by atoms with Crippen molar-refractivity contribution in [1.29, 1.82) is 0 Å². The van der Waals surface area contributed by atoms with Gasteiger partial charge >= 0.3 is 0 Å². The molecule has 1 heteroatoms. The summed E-state index contributed by atoms with van der Waals surface area (Å²) in [5.74, 6) is 0. The molecule has 1 nitrogen and oxygen atoms in total. The summed E-state index contributed by atoms with van der Waals surface area (Å²) in [5, 5.41) is 0. The molecule has 0 saturated carbocycles. The molecular weight excluding hydrogens is 218 g/mol. The van der Waals surface area contributed by atoms with E-state index in [0.717, 1.165) is 11.1 Å². The van der Waals surface area contributed by atoms with E-state index in [-0.39, 0.29) is 0 Å². The Balaban J connectivity index is 0.000000184. The molecule has 0 fully saturated rings. The van der Waals surface area contributed by atoms with E-state index >= 15 is 0 Å². The third-order valence-corrected chi connectivity index (χ3v) is 2.49. The van der Waals surface area contributed by atoms with Crippen LogP contribution >= 0.6 is 0 Å². The Kier molecular flexibility index (Phi) is 6.23. The summed E-state index contributed by atoms with van der Waals surface area (Å²) in [7, 11) is 0. The number of rotatable bonds is 3. The standard InChI is InChI=1S/C9H11N.C8H8/c1-2-8-3-5-9(7-10)6-4-8;1-2-8-6-4-3-5-7-8/h2-6H,1,7,10H2;2-7H,1H2. The molecule has 0 atom stereocenters. The summed E-state index contributed by atoms with van der Waals surface area (Å²) in [5.41, 5.74) is 8.88. The van der Waals surface area contributed by atoms with E-state index in [4.69, 9.17) is 5.73 Å².